The van der Waals surface area contributed by atoms with E-state index in [0.717, 1.165) is 25.3 Å². The minimum absolute atomic E-state index is 0.755. The zero-order valence-electron chi connectivity index (χ0n) is 17.8. The van der Waals surface area contributed by atoms with Gasteiger partial charge in [0.05, 0.1) is 25.9 Å². The number of piperazine rings is 1. The predicted molar refractivity (Wildman–Crippen MR) is 118 cm³/mol. The first-order valence-corrected chi connectivity index (χ1v) is 11.2. The molecule has 0 aliphatic carbocycles. The molecule has 1 saturated heterocycles. The summed E-state index contributed by atoms with van der Waals surface area (Å²) in [4.78, 5) is 3.46. The highest BCUT2D eigenvalue weighted by Gasteiger charge is 2.24. The molecule has 0 saturated carbocycles. The first-order valence-electron chi connectivity index (χ1n) is 11.2. The lowest BCUT2D eigenvalue weighted by Crippen LogP contribution is -3.27. The fraction of sp³-hybridized carbons (Fsp3) is 0.440. The van der Waals surface area contributed by atoms with Gasteiger partial charge in [-0.15, -0.1) is 0 Å². The summed E-state index contributed by atoms with van der Waals surface area (Å²) < 4.78 is 8.70. The molecule has 0 amide bonds. The van der Waals surface area contributed by atoms with E-state index in [1.807, 2.05) is 0 Å². The number of fused-ring (bicyclic) bond motifs is 5. The highest BCUT2D eigenvalue weighted by atomic mass is 16.5. The molecule has 5 rings (SSSR count). The lowest BCUT2D eigenvalue weighted by Gasteiger charge is -2.27. The topological polar surface area (TPSA) is 23.0 Å². The Balaban J connectivity index is 1.51. The molecule has 1 fully saturated rings. The molecule has 0 atom stereocenters. The maximum Gasteiger partial charge on any atom is 0.128 e. The van der Waals surface area contributed by atoms with Gasteiger partial charge in [0.2, 0.25) is 0 Å². The molecule has 3 heterocycles. The standard InChI is InChI=1S/C25H31N3O/c1-19-8-9-23-22(18-19)20-10-17-29-24-7-4-3-6-21(24)25(20)28(23)12-5-11-27-15-13-26(2)14-16-27/h3-4,6-9,18H,5,10-17H2,1-2H3/p+2. The van der Waals surface area contributed by atoms with Crippen molar-refractivity contribution in [1.82, 2.24) is 4.57 Å². The average molecular weight is 392 g/mol. The van der Waals surface area contributed by atoms with Gasteiger partial charge < -0.3 is 19.1 Å². The summed E-state index contributed by atoms with van der Waals surface area (Å²) in [5.74, 6) is 1.03. The molecule has 4 heteroatoms. The number of benzene rings is 2. The molecular formula is C25H33N3O+2. The number of para-hydroxylation sites is 1. The molecule has 3 aromatic rings. The van der Waals surface area contributed by atoms with Crippen LogP contribution in [0.4, 0.5) is 0 Å². The van der Waals surface area contributed by atoms with E-state index in [1.54, 1.807) is 9.80 Å². The number of aromatic nitrogens is 1. The molecule has 2 N–H and O–H groups in total. The van der Waals surface area contributed by atoms with Crippen LogP contribution in [-0.4, -0.2) is 50.9 Å². The van der Waals surface area contributed by atoms with Crippen LogP contribution in [0.3, 0.4) is 0 Å². The van der Waals surface area contributed by atoms with Crippen LogP contribution in [0.25, 0.3) is 22.2 Å². The smallest absolute Gasteiger partial charge is 0.128 e. The fourth-order valence-corrected chi connectivity index (χ4v) is 5.15. The summed E-state index contributed by atoms with van der Waals surface area (Å²) >= 11 is 0. The van der Waals surface area contributed by atoms with Crippen molar-refractivity contribution in [3.63, 3.8) is 0 Å². The van der Waals surface area contributed by atoms with Crippen LogP contribution in [0.15, 0.2) is 42.5 Å². The summed E-state index contributed by atoms with van der Waals surface area (Å²) in [7, 11) is 2.32. The van der Waals surface area contributed by atoms with Crippen LogP contribution >= 0.6 is 0 Å². The first kappa shape index (κ1) is 18.7. The number of hydrogen-bond acceptors (Lipinski definition) is 1. The predicted octanol–water partition coefficient (Wildman–Crippen LogP) is 1.35. The normalized spacial score (nSPS) is 21.3. The Bertz CT molecular complexity index is 1010. The Labute approximate surface area is 173 Å². The highest BCUT2D eigenvalue weighted by Crippen LogP contribution is 2.41. The molecule has 0 unspecified atom stereocenters. The number of ether oxygens (including phenoxy) is 1. The second-order valence-electron chi connectivity index (χ2n) is 8.90. The number of rotatable bonds is 4. The molecule has 2 aliphatic heterocycles. The van der Waals surface area contributed by atoms with E-state index in [9.17, 15) is 0 Å². The molecule has 2 aliphatic rings. The van der Waals surface area contributed by atoms with Crippen molar-refractivity contribution in [3.05, 3.63) is 53.6 Å². The van der Waals surface area contributed by atoms with Crippen LogP contribution in [-0.2, 0) is 13.0 Å². The van der Waals surface area contributed by atoms with Crippen LogP contribution < -0.4 is 14.5 Å². The van der Waals surface area contributed by atoms with E-state index in [1.165, 1.54) is 72.4 Å². The van der Waals surface area contributed by atoms with Crippen molar-refractivity contribution in [2.75, 3.05) is 46.4 Å². The molecule has 29 heavy (non-hydrogen) atoms. The van der Waals surface area contributed by atoms with Crippen LogP contribution in [0.1, 0.15) is 17.5 Å². The summed E-state index contributed by atoms with van der Waals surface area (Å²) in [6.07, 6.45) is 2.20. The van der Waals surface area contributed by atoms with Crippen molar-refractivity contribution in [3.8, 4) is 17.0 Å². The van der Waals surface area contributed by atoms with Crippen LogP contribution in [0.2, 0.25) is 0 Å². The molecular weight excluding hydrogens is 358 g/mol. The third-order valence-corrected chi connectivity index (χ3v) is 6.80. The lowest BCUT2D eigenvalue weighted by atomic mass is 10.0. The quantitative estimate of drug-likeness (QED) is 0.689. The van der Waals surface area contributed by atoms with Crippen molar-refractivity contribution in [2.45, 2.75) is 26.3 Å². The average Bonchev–Trinajstić information content (AvgIpc) is 2.90. The van der Waals surface area contributed by atoms with Gasteiger partial charge in [0.25, 0.3) is 0 Å². The van der Waals surface area contributed by atoms with Crippen molar-refractivity contribution >= 4 is 10.9 Å². The van der Waals surface area contributed by atoms with Gasteiger partial charge >= 0.3 is 0 Å². The van der Waals surface area contributed by atoms with Gasteiger partial charge in [0.1, 0.15) is 31.9 Å². The minimum Gasteiger partial charge on any atom is -0.493 e. The third-order valence-electron chi connectivity index (χ3n) is 6.80. The zero-order valence-corrected chi connectivity index (χ0v) is 17.8. The van der Waals surface area contributed by atoms with Gasteiger partial charge in [-0.1, -0.05) is 23.8 Å². The Kier molecular flexibility index (Phi) is 5.06. The number of nitrogens with one attached hydrogen (secondary N) is 2. The number of quaternary nitrogens is 2. The Hall–Kier alpha value is -2.30. The van der Waals surface area contributed by atoms with Gasteiger partial charge in [-0.2, -0.15) is 0 Å². The SMILES string of the molecule is Cc1ccc2c(c1)c1c(n2CCC[NH+]2CC[NH+](C)CC2)-c2ccccc2OCC1. The Morgan fingerprint density at radius 1 is 1.03 bits per heavy atom. The Morgan fingerprint density at radius 2 is 1.86 bits per heavy atom. The number of hydrogen-bond donors (Lipinski definition) is 2. The summed E-state index contributed by atoms with van der Waals surface area (Å²) in [6, 6.07) is 15.5. The minimum atomic E-state index is 0.755. The maximum atomic E-state index is 6.11. The van der Waals surface area contributed by atoms with E-state index < -0.39 is 0 Å². The maximum absolute atomic E-state index is 6.11. The van der Waals surface area contributed by atoms with E-state index >= 15 is 0 Å². The van der Waals surface area contributed by atoms with E-state index in [2.05, 4.69) is 61.0 Å². The molecule has 0 bridgehead atoms. The van der Waals surface area contributed by atoms with Crippen LogP contribution in [0, 0.1) is 6.92 Å². The van der Waals surface area contributed by atoms with Gasteiger partial charge in [-0.05, 0) is 36.8 Å². The first-order chi connectivity index (χ1) is 14.2. The van der Waals surface area contributed by atoms with Crippen molar-refractivity contribution < 1.29 is 14.5 Å². The van der Waals surface area contributed by atoms with Crippen molar-refractivity contribution in [2.24, 2.45) is 0 Å². The zero-order chi connectivity index (χ0) is 19.8. The second kappa shape index (κ2) is 7.85. The summed E-state index contributed by atoms with van der Waals surface area (Å²) in [5, 5.41) is 1.41. The number of nitrogens with zero attached hydrogens (tertiary/aromatic N) is 1. The van der Waals surface area contributed by atoms with E-state index in [4.69, 9.17) is 4.74 Å². The van der Waals surface area contributed by atoms with E-state index in [-0.39, 0.29) is 0 Å². The van der Waals surface area contributed by atoms with Gasteiger partial charge in [-0.25, -0.2) is 0 Å². The molecule has 0 spiro atoms. The fourth-order valence-electron chi connectivity index (χ4n) is 5.15. The van der Waals surface area contributed by atoms with Crippen LogP contribution in [0.5, 0.6) is 5.75 Å². The summed E-state index contributed by atoms with van der Waals surface area (Å²) in [6.45, 7) is 10.5. The van der Waals surface area contributed by atoms with Gasteiger partial charge in [0.15, 0.2) is 0 Å². The largest absolute Gasteiger partial charge is 0.493 e. The number of aryl methyl sites for hydroxylation is 2. The molecule has 2 aromatic carbocycles. The van der Waals surface area contributed by atoms with Crippen molar-refractivity contribution in [1.29, 1.82) is 0 Å². The third kappa shape index (κ3) is 3.56. The second-order valence-corrected chi connectivity index (χ2v) is 8.90. The number of likely N-dealkylation sites (N-methyl/N-ethyl adjacent to an activating group) is 1. The summed E-state index contributed by atoms with van der Waals surface area (Å²) in [5.41, 5.74) is 6.82. The molecule has 152 valence electrons. The van der Waals surface area contributed by atoms with Gasteiger partial charge in [0, 0.05) is 35.9 Å². The Morgan fingerprint density at radius 3 is 2.72 bits per heavy atom. The lowest BCUT2D eigenvalue weighted by molar-refractivity contribution is -1.00. The molecule has 4 nitrogen and oxygen atoms in total. The van der Waals surface area contributed by atoms with Gasteiger partial charge in [-0.3, -0.25) is 0 Å². The highest BCUT2D eigenvalue weighted by molar-refractivity contribution is 5.93. The monoisotopic (exact) mass is 391 g/mol. The molecule has 1 aromatic heterocycles. The van der Waals surface area contributed by atoms with E-state index in [0.29, 0.717) is 0 Å². The molecule has 0 radical (unpaired) electrons.